The molecule has 0 aliphatic heterocycles. The van der Waals surface area contributed by atoms with Gasteiger partial charge in [-0.15, -0.1) is 0 Å². The summed E-state index contributed by atoms with van der Waals surface area (Å²) in [5, 5.41) is 17.1. The van der Waals surface area contributed by atoms with Gasteiger partial charge in [-0.1, -0.05) is 30.3 Å². The highest BCUT2D eigenvalue weighted by atomic mass is 32.1. The molecule has 7 N–H and O–H groups in total. The summed E-state index contributed by atoms with van der Waals surface area (Å²) in [6.07, 6.45) is 0.903. The number of carboxylic acid groups (broad SMARTS) is 1. The van der Waals surface area contributed by atoms with Crippen molar-refractivity contribution in [3.63, 3.8) is 0 Å². The van der Waals surface area contributed by atoms with Crippen LogP contribution in [0.4, 0.5) is 0 Å². The predicted molar refractivity (Wildman–Crippen MR) is 86.3 cm³/mol. The molecule has 0 fully saturated rings. The molecule has 0 heterocycles. The average Bonchev–Trinajstić information content (AvgIpc) is 2.48. The third kappa shape index (κ3) is 7.44. The summed E-state index contributed by atoms with van der Waals surface area (Å²) in [5.74, 6) is -1.09. The Labute approximate surface area is 134 Å². The van der Waals surface area contributed by atoms with Crippen LogP contribution in [0.15, 0.2) is 30.3 Å². The molecule has 120 valence electrons. The molecule has 1 rings (SSSR count). The first-order chi connectivity index (χ1) is 10.5. The van der Waals surface area contributed by atoms with Crippen LogP contribution in [0.2, 0.25) is 0 Å². The zero-order valence-corrected chi connectivity index (χ0v) is 13.0. The fourth-order valence-electron chi connectivity index (χ4n) is 1.78. The third-order valence-corrected chi connectivity index (χ3v) is 3.15. The minimum Gasteiger partial charge on any atom is -0.548 e. The smallest absolute Gasteiger partial charge is 0.338 e. The molecule has 0 saturated carbocycles. The Bertz CT molecular complexity index is 517. The summed E-state index contributed by atoms with van der Waals surface area (Å²) in [6, 6.07) is 8.80. The Morgan fingerprint density at radius 2 is 2.00 bits per heavy atom. The number of hydrogen-bond donors (Lipinski definition) is 5. The SMILES string of the molecule is NC(N)=[NH+]CCC[C@H](NC(=S)NCc1ccccc1)C(=O)[O-]. The standard InChI is InChI=1S/C14H21N5O2S/c15-13(16)17-8-4-7-11(12(20)21)19-14(22)18-9-10-5-2-1-3-6-10/h1-3,5-6,11H,4,7-9H2,(H,20,21)(H4,15,16,17)(H2,18,19,22)/t11-/m0/s1. The maximum absolute atomic E-state index is 11.1. The fraction of sp³-hybridized carbons (Fsp3) is 0.357. The second-order valence-corrected chi connectivity index (χ2v) is 5.12. The Morgan fingerprint density at radius 3 is 2.59 bits per heavy atom. The van der Waals surface area contributed by atoms with Crippen molar-refractivity contribution >= 4 is 29.3 Å². The third-order valence-electron chi connectivity index (χ3n) is 2.88. The van der Waals surface area contributed by atoms with Crippen molar-refractivity contribution in [1.82, 2.24) is 10.6 Å². The van der Waals surface area contributed by atoms with Crippen molar-refractivity contribution < 1.29 is 14.9 Å². The van der Waals surface area contributed by atoms with Crippen molar-refractivity contribution in [2.75, 3.05) is 6.54 Å². The van der Waals surface area contributed by atoms with Crippen LogP contribution >= 0.6 is 12.2 Å². The molecule has 1 aromatic carbocycles. The van der Waals surface area contributed by atoms with Crippen LogP contribution < -0.4 is 32.2 Å². The molecular formula is C14H21N5O2S. The molecule has 0 amide bonds. The van der Waals surface area contributed by atoms with Gasteiger partial charge in [0, 0.05) is 6.54 Å². The summed E-state index contributed by atoms with van der Waals surface area (Å²) in [4.78, 5) is 13.8. The number of carbonyl (C=O) groups excluding carboxylic acids is 1. The maximum Gasteiger partial charge on any atom is 0.338 e. The molecule has 0 unspecified atom stereocenters. The zero-order valence-electron chi connectivity index (χ0n) is 12.2. The lowest BCUT2D eigenvalue weighted by Crippen LogP contribution is -2.78. The van der Waals surface area contributed by atoms with Crippen molar-refractivity contribution in [1.29, 1.82) is 0 Å². The average molecular weight is 323 g/mol. The van der Waals surface area contributed by atoms with Gasteiger partial charge in [0.05, 0.1) is 18.6 Å². The Morgan fingerprint density at radius 1 is 1.32 bits per heavy atom. The van der Waals surface area contributed by atoms with Crippen LogP contribution in [0, 0.1) is 0 Å². The number of nitrogens with two attached hydrogens (primary N) is 2. The molecule has 0 aliphatic rings. The van der Waals surface area contributed by atoms with E-state index in [0.717, 1.165) is 5.56 Å². The zero-order chi connectivity index (χ0) is 16.4. The summed E-state index contributed by atoms with van der Waals surface area (Å²) >= 11 is 5.10. The lowest BCUT2D eigenvalue weighted by molar-refractivity contribution is -0.459. The van der Waals surface area contributed by atoms with Gasteiger partial charge >= 0.3 is 5.96 Å². The van der Waals surface area contributed by atoms with Crippen molar-refractivity contribution in [2.45, 2.75) is 25.4 Å². The van der Waals surface area contributed by atoms with Gasteiger partial charge in [0.2, 0.25) is 0 Å². The van der Waals surface area contributed by atoms with Crippen LogP contribution in [0.25, 0.3) is 0 Å². The maximum atomic E-state index is 11.1. The quantitative estimate of drug-likeness (QED) is 0.148. The van der Waals surface area contributed by atoms with Crippen molar-refractivity contribution in [2.24, 2.45) is 11.5 Å². The van der Waals surface area contributed by atoms with E-state index in [1.807, 2.05) is 30.3 Å². The van der Waals surface area contributed by atoms with Crippen molar-refractivity contribution in [3.8, 4) is 0 Å². The minimum absolute atomic E-state index is 0.109. The first-order valence-corrected chi connectivity index (χ1v) is 7.30. The number of aliphatic carboxylic acids is 1. The van der Waals surface area contributed by atoms with E-state index < -0.39 is 12.0 Å². The molecule has 1 atom stereocenters. The van der Waals surface area contributed by atoms with E-state index in [2.05, 4.69) is 15.6 Å². The van der Waals surface area contributed by atoms with E-state index in [0.29, 0.717) is 25.9 Å². The molecule has 0 saturated heterocycles. The number of thiocarbonyl (C=S) groups is 1. The van der Waals surface area contributed by atoms with Gasteiger partial charge in [-0.05, 0) is 30.6 Å². The molecule has 0 spiro atoms. The van der Waals surface area contributed by atoms with Crippen LogP contribution in [0.3, 0.4) is 0 Å². The molecule has 0 bridgehead atoms. The van der Waals surface area contributed by atoms with Gasteiger partial charge in [0.25, 0.3) is 0 Å². The van der Waals surface area contributed by atoms with E-state index in [-0.39, 0.29) is 11.1 Å². The summed E-state index contributed by atoms with van der Waals surface area (Å²) in [5.41, 5.74) is 11.6. The lowest BCUT2D eigenvalue weighted by Gasteiger charge is -2.21. The van der Waals surface area contributed by atoms with Gasteiger partial charge in [-0.2, -0.15) is 0 Å². The highest BCUT2D eigenvalue weighted by Gasteiger charge is 2.11. The van der Waals surface area contributed by atoms with E-state index in [1.54, 1.807) is 0 Å². The second-order valence-electron chi connectivity index (χ2n) is 4.71. The van der Waals surface area contributed by atoms with Gasteiger partial charge in [-0.25, -0.2) is 0 Å². The van der Waals surface area contributed by atoms with Crippen LogP contribution in [-0.4, -0.2) is 29.6 Å². The molecule has 0 aromatic heterocycles. The monoisotopic (exact) mass is 323 g/mol. The molecule has 8 heteroatoms. The Hall–Kier alpha value is -2.35. The highest BCUT2D eigenvalue weighted by molar-refractivity contribution is 7.80. The number of hydrogen-bond acceptors (Lipinski definition) is 3. The van der Waals surface area contributed by atoms with E-state index in [9.17, 15) is 9.90 Å². The first-order valence-electron chi connectivity index (χ1n) is 6.90. The van der Waals surface area contributed by atoms with Crippen LogP contribution in [0.5, 0.6) is 0 Å². The van der Waals surface area contributed by atoms with Crippen molar-refractivity contribution in [3.05, 3.63) is 35.9 Å². The number of nitrogens with one attached hydrogen (secondary N) is 3. The molecular weight excluding hydrogens is 302 g/mol. The lowest BCUT2D eigenvalue weighted by atomic mass is 10.1. The number of guanidine groups is 1. The van der Waals surface area contributed by atoms with Crippen LogP contribution in [-0.2, 0) is 11.3 Å². The van der Waals surface area contributed by atoms with E-state index in [1.165, 1.54) is 0 Å². The van der Waals surface area contributed by atoms with Gasteiger partial charge in [0.15, 0.2) is 5.11 Å². The first kappa shape index (κ1) is 17.7. The number of carbonyl (C=O) groups is 1. The molecule has 0 aliphatic carbocycles. The Balaban J connectivity index is 2.37. The predicted octanol–water partition coefficient (Wildman–Crippen LogP) is -3.10. The molecule has 7 nitrogen and oxygen atoms in total. The molecule has 0 radical (unpaired) electrons. The minimum atomic E-state index is -1.20. The number of carboxylic acids is 1. The van der Waals surface area contributed by atoms with Gasteiger partial charge in [-0.3, -0.25) is 16.5 Å². The summed E-state index contributed by atoms with van der Waals surface area (Å²) in [7, 11) is 0. The van der Waals surface area contributed by atoms with E-state index >= 15 is 0 Å². The number of benzene rings is 1. The topological polar surface area (TPSA) is 130 Å². The van der Waals surface area contributed by atoms with E-state index in [4.69, 9.17) is 23.7 Å². The molecule has 22 heavy (non-hydrogen) atoms. The Kier molecular flexibility index (Phi) is 7.69. The highest BCUT2D eigenvalue weighted by Crippen LogP contribution is 1.98. The number of rotatable bonds is 8. The normalized spacial score (nSPS) is 11.3. The summed E-state index contributed by atoms with van der Waals surface area (Å²) in [6.45, 7) is 1.00. The summed E-state index contributed by atoms with van der Waals surface area (Å²) < 4.78 is 0. The van der Waals surface area contributed by atoms with Gasteiger partial charge in [0.1, 0.15) is 0 Å². The van der Waals surface area contributed by atoms with Gasteiger partial charge < -0.3 is 20.5 Å². The molecule has 1 aromatic rings. The second kappa shape index (κ2) is 9.56. The fourth-order valence-corrected chi connectivity index (χ4v) is 1.99. The van der Waals surface area contributed by atoms with Crippen LogP contribution in [0.1, 0.15) is 18.4 Å². The largest absolute Gasteiger partial charge is 0.548 e.